The summed E-state index contributed by atoms with van der Waals surface area (Å²) in [4.78, 5) is 18.5. The minimum atomic E-state index is -4.70. The van der Waals surface area contributed by atoms with Gasteiger partial charge in [0.1, 0.15) is 11.9 Å². The molecule has 1 amide bonds. The van der Waals surface area contributed by atoms with E-state index < -0.39 is 39.7 Å². The molecule has 1 saturated heterocycles. The van der Waals surface area contributed by atoms with Crippen LogP contribution in [0.4, 0.5) is 24.7 Å². The Bertz CT molecular complexity index is 1140. The van der Waals surface area contributed by atoms with Crippen LogP contribution in [-0.4, -0.2) is 50.3 Å². The molecule has 1 aliphatic rings. The highest BCUT2D eigenvalue weighted by Gasteiger charge is 2.48. The number of alkyl halides is 3. The Balaban J connectivity index is 2.07. The zero-order valence-corrected chi connectivity index (χ0v) is 18.7. The van der Waals surface area contributed by atoms with E-state index in [1.54, 1.807) is 25.1 Å². The Morgan fingerprint density at radius 2 is 1.87 bits per heavy atom. The van der Waals surface area contributed by atoms with Gasteiger partial charge < -0.3 is 4.90 Å². The Morgan fingerprint density at radius 3 is 2.45 bits per heavy atom. The summed E-state index contributed by atoms with van der Waals surface area (Å²) in [6.45, 7) is 2.83. The van der Waals surface area contributed by atoms with Crippen molar-refractivity contribution < 1.29 is 26.4 Å². The second kappa shape index (κ2) is 7.95. The molecule has 0 bridgehead atoms. The lowest BCUT2D eigenvalue weighted by Gasteiger charge is -2.27. The molecule has 12 heteroatoms. The predicted molar refractivity (Wildman–Crippen MR) is 111 cm³/mol. The molecule has 168 valence electrons. The van der Waals surface area contributed by atoms with Crippen molar-refractivity contribution in [2.75, 3.05) is 29.8 Å². The lowest BCUT2D eigenvalue weighted by atomic mass is 10.1. The number of likely N-dealkylation sites (N-methyl/N-ethyl adjacent to an activating group) is 2. The van der Waals surface area contributed by atoms with Crippen molar-refractivity contribution in [3.63, 3.8) is 0 Å². The van der Waals surface area contributed by atoms with E-state index in [1.807, 2.05) is 0 Å². The van der Waals surface area contributed by atoms with Gasteiger partial charge in [-0.25, -0.2) is 9.29 Å². The first-order chi connectivity index (χ1) is 14.2. The third kappa shape index (κ3) is 4.35. The van der Waals surface area contributed by atoms with E-state index in [9.17, 15) is 26.4 Å². The fraction of sp³-hybridized carbons (Fsp3) is 0.368. The van der Waals surface area contributed by atoms with Crippen LogP contribution >= 0.6 is 11.6 Å². The monoisotopic (exact) mass is 476 g/mol. The highest BCUT2D eigenvalue weighted by molar-refractivity contribution is 7.90. The minimum Gasteiger partial charge on any atom is -0.314 e. The van der Waals surface area contributed by atoms with E-state index in [1.165, 1.54) is 25.9 Å². The van der Waals surface area contributed by atoms with Crippen LogP contribution in [0.2, 0.25) is 5.02 Å². The number of aromatic nitrogens is 1. The zero-order valence-electron chi connectivity index (χ0n) is 17.1. The van der Waals surface area contributed by atoms with Gasteiger partial charge in [0.25, 0.3) is 5.91 Å². The van der Waals surface area contributed by atoms with Crippen molar-refractivity contribution in [1.29, 1.82) is 0 Å². The number of anilines is 2. The molecule has 0 saturated carbocycles. The average molecular weight is 477 g/mol. The first kappa shape index (κ1) is 23.3. The van der Waals surface area contributed by atoms with Gasteiger partial charge in [0, 0.05) is 37.0 Å². The molecule has 7 nitrogen and oxygen atoms in total. The fourth-order valence-electron chi connectivity index (χ4n) is 3.29. The summed E-state index contributed by atoms with van der Waals surface area (Å²) in [6, 6.07) is 5.00. The normalized spacial score (nSPS) is 19.0. The second-order valence-corrected chi connectivity index (χ2v) is 9.60. The molecule has 0 N–H and O–H groups in total. The lowest BCUT2D eigenvalue weighted by molar-refractivity contribution is -0.137. The van der Waals surface area contributed by atoms with Crippen molar-refractivity contribution in [1.82, 2.24) is 9.29 Å². The van der Waals surface area contributed by atoms with Crippen molar-refractivity contribution in [2.45, 2.75) is 26.1 Å². The first-order valence-electron chi connectivity index (χ1n) is 9.09. The molecule has 2 aromatic rings. The molecule has 1 aromatic heterocycles. The summed E-state index contributed by atoms with van der Waals surface area (Å²) in [7, 11) is -1.54. The molecule has 0 aliphatic carbocycles. The predicted octanol–water partition coefficient (Wildman–Crippen LogP) is 3.40. The van der Waals surface area contributed by atoms with E-state index in [-0.39, 0.29) is 12.2 Å². The number of aryl methyl sites for hydroxylation is 2. The summed E-state index contributed by atoms with van der Waals surface area (Å²) in [5.41, 5.74) is 0.101. The van der Waals surface area contributed by atoms with Gasteiger partial charge in [0.05, 0.1) is 5.56 Å². The van der Waals surface area contributed by atoms with E-state index in [2.05, 4.69) is 4.98 Å². The van der Waals surface area contributed by atoms with Gasteiger partial charge in [-0.3, -0.25) is 4.79 Å². The Labute approximate surface area is 183 Å². The van der Waals surface area contributed by atoms with Crippen LogP contribution in [0.5, 0.6) is 0 Å². The van der Waals surface area contributed by atoms with Gasteiger partial charge in [-0.15, -0.1) is 0 Å². The molecule has 0 unspecified atom stereocenters. The summed E-state index contributed by atoms with van der Waals surface area (Å²) >= 11 is 6.02. The molecule has 1 aliphatic heterocycles. The quantitative estimate of drug-likeness (QED) is 0.680. The van der Waals surface area contributed by atoms with Gasteiger partial charge >= 0.3 is 16.4 Å². The van der Waals surface area contributed by atoms with E-state index in [0.29, 0.717) is 26.6 Å². The molecule has 1 fully saturated rings. The van der Waals surface area contributed by atoms with Crippen LogP contribution in [-0.2, 0) is 21.2 Å². The third-order valence-electron chi connectivity index (χ3n) is 4.99. The van der Waals surface area contributed by atoms with Crippen LogP contribution in [0.1, 0.15) is 16.8 Å². The Morgan fingerprint density at radius 1 is 1.23 bits per heavy atom. The van der Waals surface area contributed by atoms with E-state index >= 15 is 0 Å². The Kier molecular flexibility index (Phi) is 5.98. The van der Waals surface area contributed by atoms with Crippen molar-refractivity contribution in [3.8, 4) is 0 Å². The van der Waals surface area contributed by atoms with Gasteiger partial charge in [-0.1, -0.05) is 11.6 Å². The summed E-state index contributed by atoms with van der Waals surface area (Å²) in [5.74, 6) is -1.08. The number of pyridine rings is 1. The zero-order chi connectivity index (χ0) is 23.3. The van der Waals surface area contributed by atoms with Crippen LogP contribution in [0.3, 0.4) is 0 Å². The lowest BCUT2D eigenvalue weighted by Crippen LogP contribution is -2.47. The van der Waals surface area contributed by atoms with E-state index in [0.717, 1.165) is 10.4 Å². The number of hydrogen-bond donors (Lipinski definition) is 0. The standard InChI is InChI=1S/C19H20ClF3N4O3S/c1-11-7-14(5-6-15(11)20)26(4)18(28)16-10-25(3)31(29,30)27(16)17-9-13(19(21,22)23)8-12(2)24-17/h5-9,16H,10H2,1-4H3/t16-/m0/s1. The maximum absolute atomic E-state index is 13.3. The van der Waals surface area contributed by atoms with Gasteiger partial charge in [-0.2, -0.15) is 25.9 Å². The molecule has 2 heterocycles. The summed E-state index contributed by atoms with van der Waals surface area (Å²) < 4.78 is 67.2. The van der Waals surface area contributed by atoms with E-state index in [4.69, 9.17) is 11.6 Å². The molecule has 0 spiro atoms. The average Bonchev–Trinajstić information content (AvgIpc) is 2.90. The molecule has 1 aromatic carbocycles. The van der Waals surface area contributed by atoms with Crippen LogP contribution < -0.4 is 9.21 Å². The maximum Gasteiger partial charge on any atom is 0.416 e. The number of amides is 1. The number of nitrogens with zero attached hydrogens (tertiary/aromatic N) is 4. The van der Waals surface area contributed by atoms with Crippen LogP contribution in [0, 0.1) is 13.8 Å². The number of rotatable bonds is 3. The SMILES string of the molecule is Cc1cc(C(F)(F)F)cc(N2[C@H](C(=O)N(C)c3ccc(Cl)c(C)c3)CN(C)S2(=O)=O)n1. The molecular weight excluding hydrogens is 457 g/mol. The van der Waals surface area contributed by atoms with Crippen LogP contribution in [0.15, 0.2) is 30.3 Å². The number of hydrogen-bond acceptors (Lipinski definition) is 4. The van der Waals surface area contributed by atoms with Gasteiger partial charge in [0.15, 0.2) is 0 Å². The molecule has 3 rings (SSSR count). The number of benzene rings is 1. The largest absolute Gasteiger partial charge is 0.416 e. The van der Waals surface area contributed by atoms with Crippen LogP contribution in [0.25, 0.3) is 0 Å². The molecule has 31 heavy (non-hydrogen) atoms. The highest BCUT2D eigenvalue weighted by Crippen LogP contribution is 2.35. The van der Waals surface area contributed by atoms with Crippen molar-refractivity contribution >= 4 is 39.2 Å². The topological polar surface area (TPSA) is 73.8 Å². The summed E-state index contributed by atoms with van der Waals surface area (Å²) in [5, 5.41) is 0.498. The minimum absolute atomic E-state index is 0.0255. The highest BCUT2D eigenvalue weighted by atomic mass is 35.5. The number of halogens is 4. The summed E-state index contributed by atoms with van der Waals surface area (Å²) in [6.07, 6.45) is -4.70. The van der Waals surface area contributed by atoms with Gasteiger partial charge in [-0.05, 0) is 49.7 Å². The van der Waals surface area contributed by atoms with Crippen molar-refractivity contribution in [2.24, 2.45) is 0 Å². The fourth-order valence-corrected chi connectivity index (χ4v) is 4.85. The second-order valence-electron chi connectivity index (χ2n) is 7.28. The maximum atomic E-state index is 13.3. The first-order valence-corrected chi connectivity index (χ1v) is 10.9. The molecule has 0 radical (unpaired) electrons. The van der Waals surface area contributed by atoms with Crippen molar-refractivity contribution in [3.05, 3.63) is 52.2 Å². The number of carbonyl (C=O) groups excluding carboxylic acids is 1. The molecular formula is C19H20ClF3N4O3S. The smallest absolute Gasteiger partial charge is 0.314 e. The molecule has 1 atom stereocenters. The third-order valence-corrected chi connectivity index (χ3v) is 7.29. The Hall–Kier alpha value is -2.37. The van der Waals surface area contributed by atoms with Gasteiger partial charge in [0.2, 0.25) is 0 Å². The number of carbonyl (C=O) groups is 1.